The average molecular weight is 577 g/mol. The summed E-state index contributed by atoms with van der Waals surface area (Å²) in [4.78, 5) is 45.4. The minimum Gasteiger partial charge on any atom is -0.359 e. The van der Waals surface area contributed by atoms with Gasteiger partial charge in [-0.3, -0.25) is 23.3 Å². The summed E-state index contributed by atoms with van der Waals surface area (Å²) >= 11 is 2.80. The van der Waals surface area contributed by atoms with Gasteiger partial charge in [0, 0.05) is 55.0 Å². The van der Waals surface area contributed by atoms with Crippen LogP contribution in [-0.2, 0) is 16.0 Å². The Morgan fingerprint density at radius 1 is 1.07 bits per heavy atom. The van der Waals surface area contributed by atoms with E-state index in [2.05, 4.69) is 45.0 Å². The largest absolute Gasteiger partial charge is 0.359 e. The molecule has 1 unspecified atom stereocenters. The van der Waals surface area contributed by atoms with Crippen molar-refractivity contribution < 1.29 is 14.4 Å². The number of thiazole rings is 1. The predicted molar refractivity (Wildman–Crippen MR) is 161 cm³/mol. The Balaban J connectivity index is 1.35. The van der Waals surface area contributed by atoms with Crippen LogP contribution in [0.1, 0.15) is 35.8 Å². The van der Waals surface area contributed by atoms with Gasteiger partial charge >= 0.3 is 0 Å². The second-order valence-electron chi connectivity index (χ2n) is 9.35. The topological polar surface area (TPSA) is 118 Å². The maximum Gasteiger partial charge on any atom is 0.253 e. The number of carbonyl (C=O) groups is 3. The van der Waals surface area contributed by atoms with Gasteiger partial charge in [-0.25, -0.2) is 4.98 Å². The Bertz CT molecular complexity index is 1480. The number of anilines is 1. The fourth-order valence-electron chi connectivity index (χ4n) is 4.08. The van der Waals surface area contributed by atoms with E-state index in [1.165, 1.54) is 23.3 Å². The second kappa shape index (κ2) is 13.9. The summed E-state index contributed by atoms with van der Waals surface area (Å²) in [6.45, 7) is 1.93. The summed E-state index contributed by atoms with van der Waals surface area (Å²) in [5.74, 6) is -0.323. The Morgan fingerprint density at radius 3 is 2.65 bits per heavy atom. The summed E-state index contributed by atoms with van der Waals surface area (Å²) in [7, 11) is 1.66. The molecule has 9 nitrogen and oxygen atoms in total. The van der Waals surface area contributed by atoms with Crippen molar-refractivity contribution in [1.82, 2.24) is 24.6 Å². The Morgan fingerprint density at radius 2 is 1.88 bits per heavy atom. The van der Waals surface area contributed by atoms with Gasteiger partial charge in [0.1, 0.15) is 0 Å². The summed E-state index contributed by atoms with van der Waals surface area (Å²) in [6.07, 6.45) is 9.41. The van der Waals surface area contributed by atoms with Crippen LogP contribution in [0, 0.1) is 5.92 Å². The Labute approximate surface area is 242 Å². The molecule has 0 aliphatic carbocycles. The standard InChI is InChI=1S/C29H32N6O3S2/c1-19(13-26(36)30-2)7-8-24-15-21(9-11-31-24)20-5-4-6-22(14-20)25-18-40-29(33-25)34-27(37)16-32-28(38)23-10-12-35(17-23)39-3/h4-6,9-12,14-15,17-19H,7-8,13,16H2,1-3H3,(H,30,36)(H,32,38)(H,33,34,37). The average Bonchev–Trinajstić information content (AvgIpc) is 3.65. The van der Waals surface area contributed by atoms with Crippen LogP contribution in [-0.4, -0.2) is 51.5 Å². The van der Waals surface area contributed by atoms with Gasteiger partial charge in [0.25, 0.3) is 5.91 Å². The van der Waals surface area contributed by atoms with E-state index in [0.29, 0.717) is 17.1 Å². The minimum absolute atomic E-state index is 0.0559. The number of aromatic nitrogens is 3. The molecule has 3 amide bonds. The molecule has 0 bridgehead atoms. The van der Waals surface area contributed by atoms with Crippen molar-refractivity contribution in [2.75, 3.05) is 25.2 Å². The van der Waals surface area contributed by atoms with Crippen molar-refractivity contribution in [3.05, 3.63) is 77.7 Å². The molecule has 4 aromatic rings. The highest BCUT2D eigenvalue weighted by Crippen LogP contribution is 2.29. The molecule has 1 aromatic carbocycles. The summed E-state index contributed by atoms with van der Waals surface area (Å²) < 4.78 is 1.81. The fraction of sp³-hybridized carbons (Fsp3) is 0.276. The number of hydrogen-bond acceptors (Lipinski definition) is 7. The molecule has 208 valence electrons. The maximum atomic E-state index is 12.4. The first kappa shape index (κ1) is 29.0. The first-order valence-corrected chi connectivity index (χ1v) is 14.9. The lowest BCUT2D eigenvalue weighted by atomic mass is 9.98. The van der Waals surface area contributed by atoms with E-state index in [1.54, 1.807) is 25.5 Å². The lowest BCUT2D eigenvalue weighted by Crippen LogP contribution is -2.32. The van der Waals surface area contributed by atoms with Crippen molar-refractivity contribution in [3.8, 4) is 22.4 Å². The lowest BCUT2D eigenvalue weighted by molar-refractivity contribution is -0.121. The Kier molecular flexibility index (Phi) is 10.1. The van der Waals surface area contributed by atoms with Crippen LogP contribution >= 0.6 is 23.3 Å². The van der Waals surface area contributed by atoms with E-state index in [0.717, 1.165) is 40.9 Å². The van der Waals surface area contributed by atoms with Crippen molar-refractivity contribution in [2.45, 2.75) is 26.2 Å². The maximum absolute atomic E-state index is 12.4. The molecule has 3 N–H and O–H groups in total. The molecule has 1 atom stereocenters. The molecule has 0 saturated heterocycles. The van der Waals surface area contributed by atoms with Crippen LogP contribution in [0.2, 0.25) is 0 Å². The van der Waals surface area contributed by atoms with Gasteiger partial charge in [0.15, 0.2) is 5.13 Å². The van der Waals surface area contributed by atoms with Gasteiger partial charge in [-0.2, -0.15) is 0 Å². The van der Waals surface area contributed by atoms with Gasteiger partial charge in [0.05, 0.1) is 17.8 Å². The SMILES string of the molecule is CNC(=O)CC(C)CCc1cc(-c2cccc(-c3csc(NC(=O)CNC(=O)c4ccn(SC)c4)n3)c2)ccn1. The van der Waals surface area contributed by atoms with E-state index >= 15 is 0 Å². The quantitative estimate of drug-likeness (QED) is 0.221. The number of nitrogens with zero attached hydrogens (tertiary/aromatic N) is 3. The smallest absolute Gasteiger partial charge is 0.253 e. The van der Waals surface area contributed by atoms with Crippen LogP contribution < -0.4 is 16.0 Å². The molecular weight excluding hydrogens is 544 g/mol. The molecule has 0 spiro atoms. The molecule has 0 radical (unpaired) electrons. The molecule has 3 heterocycles. The van der Waals surface area contributed by atoms with Crippen LogP contribution in [0.3, 0.4) is 0 Å². The third-order valence-corrected chi connectivity index (χ3v) is 7.72. The second-order valence-corrected chi connectivity index (χ2v) is 11.0. The van der Waals surface area contributed by atoms with Crippen molar-refractivity contribution in [2.24, 2.45) is 5.92 Å². The van der Waals surface area contributed by atoms with E-state index in [4.69, 9.17) is 0 Å². The monoisotopic (exact) mass is 576 g/mol. The molecule has 0 saturated carbocycles. The molecule has 0 fully saturated rings. The fourth-order valence-corrected chi connectivity index (χ4v) is 5.22. The molecule has 40 heavy (non-hydrogen) atoms. The summed E-state index contributed by atoms with van der Waals surface area (Å²) in [5.41, 5.74) is 5.25. The molecule has 3 aromatic heterocycles. The number of carbonyl (C=O) groups excluding carboxylic acids is 3. The number of aryl methyl sites for hydroxylation is 1. The minimum atomic E-state index is -0.346. The zero-order valence-electron chi connectivity index (χ0n) is 22.6. The number of pyridine rings is 1. The third-order valence-electron chi connectivity index (χ3n) is 6.31. The van der Waals surface area contributed by atoms with Crippen LogP contribution in [0.4, 0.5) is 5.13 Å². The number of rotatable bonds is 12. The summed E-state index contributed by atoms with van der Waals surface area (Å²) in [6, 6.07) is 13.8. The molecular formula is C29H32N6O3S2. The Hall–Kier alpha value is -3.96. The highest BCUT2D eigenvalue weighted by Gasteiger charge is 2.13. The van der Waals surface area contributed by atoms with Crippen molar-refractivity contribution >= 4 is 46.1 Å². The van der Waals surface area contributed by atoms with Gasteiger partial charge in [-0.15, -0.1) is 11.3 Å². The number of amides is 3. The van der Waals surface area contributed by atoms with Crippen LogP contribution in [0.15, 0.2) is 66.4 Å². The number of nitrogens with one attached hydrogen (secondary N) is 3. The third kappa shape index (κ3) is 8.03. The number of hydrogen-bond donors (Lipinski definition) is 3. The molecule has 0 aliphatic rings. The first-order chi connectivity index (χ1) is 19.3. The number of benzene rings is 1. The predicted octanol–water partition coefficient (Wildman–Crippen LogP) is 4.87. The van der Waals surface area contributed by atoms with Gasteiger partial charge in [0.2, 0.25) is 11.8 Å². The van der Waals surface area contributed by atoms with E-state index in [9.17, 15) is 14.4 Å². The van der Waals surface area contributed by atoms with Crippen molar-refractivity contribution in [3.63, 3.8) is 0 Å². The normalized spacial score (nSPS) is 11.6. The van der Waals surface area contributed by atoms with Gasteiger partial charge in [-0.1, -0.05) is 25.1 Å². The van der Waals surface area contributed by atoms with Gasteiger partial charge in [-0.05, 0) is 66.1 Å². The molecule has 4 rings (SSSR count). The van der Waals surface area contributed by atoms with Crippen molar-refractivity contribution in [1.29, 1.82) is 0 Å². The zero-order chi connectivity index (χ0) is 28.5. The van der Waals surface area contributed by atoms with Crippen LogP contribution in [0.5, 0.6) is 0 Å². The molecule has 0 aliphatic heterocycles. The van der Waals surface area contributed by atoms with E-state index < -0.39 is 0 Å². The summed E-state index contributed by atoms with van der Waals surface area (Å²) in [5, 5.41) is 10.4. The van der Waals surface area contributed by atoms with E-state index in [-0.39, 0.29) is 30.2 Å². The highest BCUT2D eigenvalue weighted by atomic mass is 32.2. The van der Waals surface area contributed by atoms with Gasteiger partial charge < -0.3 is 16.0 Å². The highest BCUT2D eigenvalue weighted by molar-refractivity contribution is 7.97. The van der Waals surface area contributed by atoms with E-state index in [1.807, 2.05) is 46.1 Å². The molecule has 11 heteroatoms. The van der Waals surface area contributed by atoms with Crippen LogP contribution in [0.25, 0.3) is 22.4 Å². The lowest BCUT2D eigenvalue weighted by Gasteiger charge is -2.11. The zero-order valence-corrected chi connectivity index (χ0v) is 24.3. The first-order valence-electron chi connectivity index (χ1n) is 12.9.